The van der Waals surface area contributed by atoms with Crippen molar-refractivity contribution in [2.75, 3.05) is 32.7 Å². The van der Waals surface area contributed by atoms with E-state index in [1.165, 1.54) is 32.4 Å². The van der Waals surface area contributed by atoms with E-state index in [1.807, 2.05) is 0 Å². The molecule has 1 N–H and O–H groups in total. The Balaban J connectivity index is 2.25. The molecule has 3 heteroatoms. The van der Waals surface area contributed by atoms with Crippen LogP contribution in [0.25, 0.3) is 0 Å². The quantitative estimate of drug-likeness (QED) is 0.722. The van der Waals surface area contributed by atoms with Gasteiger partial charge in [0.15, 0.2) is 0 Å². The van der Waals surface area contributed by atoms with Gasteiger partial charge < -0.3 is 10.2 Å². The highest BCUT2D eigenvalue weighted by Gasteiger charge is 2.16. The first-order valence-corrected chi connectivity index (χ1v) is 6.16. The van der Waals surface area contributed by atoms with E-state index < -0.39 is 0 Å². The largest absolute Gasteiger partial charge is 0.316 e. The number of nitrogens with zero attached hydrogens (tertiary/aromatic N) is 2. The van der Waals surface area contributed by atoms with Gasteiger partial charge in [0.25, 0.3) is 0 Å². The lowest BCUT2D eigenvalue weighted by Gasteiger charge is -2.29. The first-order chi connectivity index (χ1) is 7.36. The summed E-state index contributed by atoms with van der Waals surface area (Å²) >= 11 is 0. The van der Waals surface area contributed by atoms with Crippen molar-refractivity contribution in [2.45, 2.75) is 32.6 Å². The average molecular weight is 209 g/mol. The van der Waals surface area contributed by atoms with E-state index in [1.54, 1.807) is 0 Å². The number of hydrogen-bond acceptors (Lipinski definition) is 3. The van der Waals surface area contributed by atoms with E-state index in [9.17, 15) is 0 Å². The predicted octanol–water partition coefficient (Wildman–Crippen LogP) is 1.61. The highest BCUT2D eigenvalue weighted by molar-refractivity contribution is 4.76. The lowest BCUT2D eigenvalue weighted by molar-refractivity contribution is 0.212. The zero-order valence-electron chi connectivity index (χ0n) is 9.84. The van der Waals surface area contributed by atoms with E-state index in [4.69, 9.17) is 5.26 Å². The molecule has 1 atom stereocenters. The Hall–Kier alpha value is -0.590. The van der Waals surface area contributed by atoms with Gasteiger partial charge in [-0.3, -0.25) is 0 Å². The summed E-state index contributed by atoms with van der Waals surface area (Å²) in [5, 5.41) is 12.0. The Morgan fingerprint density at radius 3 is 2.93 bits per heavy atom. The smallest absolute Gasteiger partial charge is 0.0635 e. The maximum Gasteiger partial charge on any atom is 0.0635 e. The van der Waals surface area contributed by atoms with Crippen molar-refractivity contribution in [2.24, 2.45) is 5.92 Å². The molecule has 1 aliphatic rings. The van der Waals surface area contributed by atoms with Gasteiger partial charge >= 0.3 is 0 Å². The number of rotatable bonds is 6. The Kier molecular flexibility index (Phi) is 6.38. The Morgan fingerprint density at radius 1 is 1.47 bits per heavy atom. The van der Waals surface area contributed by atoms with Crippen molar-refractivity contribution in [1.82, 2.24) is 10.2 Å². The minimum atomic E-state index is 0.667. The van der Waals surface area contributed by atoms with Gasteiger partial charge in [-0.1, -0.05) is 6.92 Å². The van der Waals surface area contributed by atoms with Crippen molar-refractivity contribution < 1.29 is 0 Å². The summed E-state index contributed by atoms with van der Waals surface area (Å²) in [7, 11) is 0. The van der Waals surface area contributed by atoms with Crippen molar-refractivity contribution in [1.29, 1.82) is 5.26 Å². The molecule has 0 aromatic carbocycles. The number of piperidine rings is 1. The highest BCUT2D eigenvalue weighted by atomic mass is 15.1. The predicted molar refractivity (Wildman–Crippen MR) is 62.6 cm³/mol. The van der Waals surface area contributed by atoms with E-state index in [0.717, 1.165) is 25.6 Å². The molecule has 1 unspecified atom stereocenters. The third kappa shape index (κ3) is 5.15. The van der Waals surface area contributed by atoms with E-state index >= 15 is 0 Å². The van der Waals surface area contributed by atoms with Crippen LogP contribution in [0.1, 0.15) is 32.6 Å². The van der Waals surface area contributed by atoms with Crippen LogP contribution in [-0.2, 0) is 0 Å². The molecular formula is C12H23N3. The van der Waals surface area contributed by atoms with Gasteiger partial charge in [0.2, 0.25) is 0 Å². The summed E-state index contributed by atoms with van der Waals surface area (Å²) in [5.74, 6) is 0.795. The average Bonchev–Trinajstić information content (AvgIpc) is 2.28. The fourth-order valence-electron chi connectivity index (χ4n) is 2.26. The second-order valence-electron chi connectivity index (χ2n) is 4.42. The molecule has 1 fully saturated rings. The summed E-state index contributed by atoms with van der Waals surface area (Å²) in [6, 6.07) is 2.24. The highest BCUT2D eigenvalue weighted by Crippen LogP contribution is 2.12. The van der Waals surface area contributed by atoms with Gasteiger partial charge in [0.1, 0.15) is 0 Å². The molecule has 0 spiro atoms. The van der Waals surface area contributed by atoms with Crippen LogP contribution < -0.4 is 5.32 Å². The molecule has 0 amide bonds. The summed E-state index contributed by atoms with van der Waals surface area (Å²) < 4.78 is 0. The van der Waals surface area contributed by atoms with Crippen LogP contribution in [0.2, 0.25) is 0 Å². The van der Waals surface area contributed by atoms with Crippen LogP contribution in [0.5, 0.6) is 0 Å². The third-order valence-electron chi connectivity index (χ3n) is 3.00. The molecule has 15 heavy (non-hydrogen) atoms. The molecule has 0 aromatic rings. The molecular weight excluding hydrogens is 186 g/mol. The van der Waals surface area contributed by atoms with Crippen molar-refractivity contribution in [3.05, 3.63) is 0 Å². The molecule has 1 aliphatic heterocycles. The van der Waals surface area contributed by atoms with Crippen LogP contribution in [0.15, 0.2) is 0 Å². The molecule has 0 saturated carbocycles. The Labute approximate surface area is 93.5 Å². The number of nitrogens with one attached hydrogen (secondary N) is 1. The van der Waals surface area contributed by atoms with Crippen LogP contribution in [0.3, 0.4) is 0 Å². The summed E-state index contributed by atoms with van der Waals surface area (Å²) in [5.41, 5.74) is 0. The maximum atomic E-state index is 8.60. The number of hydrogen-bond donors (Lipinski definition) is 1. The van der Waals surface area contributed by atoms with Crippen LogP contribution in [-0.4, -0.2) is 37.6 Å². The molecule has 0 aliphatic carbocycles. The zero-order valence-corrected chi connectivity index (χ0v) is 9.84. The third-order valence-corrected chi connectivity index (χ3v) is 3.00. The molecule has 0 radical (unpaired) electrons. The standard InChI is InChI=1S/C12H23N3/c1-2-8-15(9-4-6-13)11-12-5-3-7-14-10-12/h12,14H,2-5,7-11H2,1H3. The number of nitriles is 1. The second-order valence-corrected chi connectivity index (χ2v) is 4.42. The van der Waals surface area contributed by atoms with Crippen LogP contribution in [0, 0.1) is 17.2 Å². The van der Waals surface area contributed by atoms with Crippen LogP contribution in [0.4, 0.5) is 0 Å². The van der Waals surface area contributed by atoms with Crippen molar-refractivity contribution in [3.63, 3.8) is 0 Å². The molecule has 0 bridgehead atoms. The molecule has 1 heterocycles. The Bertz CT molecular complexity index is 192. The van der Waals surface area contributed by atoms with Gasteiger partial charge in [-0.2, -0.15) is 5.26 Å². The summed E-state index contributed by atoms with van der Waals surface area (Å²) in [6.45, 7) is 7.80. The Morgan fingerprint density at radius 2 is 2.33 bits per heavy atom. The molecule has 0 aromatic heterocycles. The summed E-state index contributed by atoms with van der Waals surface area (Å²) in [4.78, 5) is 2.45. The molecule has 3 nitrogen and oxygen atoms in total. The first-order valence-electron chi connectivity index (χ1n) is 6.16. The topological polar surface area (TPSA) is 39.1 Å². The van der Waals surface area contributed by atoms with Gasteiger partial charge in [-0.25, -0.2) is 0 Å². The normalized spacial score (nSPS) is 21.5. The monoisotopic (exact) mass is 209 g/mol. The minimum Gasteiger partial charge on any atom is -0.316 e. The lowest BCUT2D eigenvalue weighted by Crippen LogP contribution is -2.39. The van der Waals surface area contributed by atoms with E-state index in [-0.39, 0.29) is 0 Å². The summed E-state index contributed by atoms with van der Waals surface area (Å²) in [6.07, 6.45) is 4.51. The van der Waals surface area contributed by atoms with Gasteiger partial charge in [-0.15, -0.1) is 0 Å². The van der Waals surface area contributed by atoms with Crippen molar-refractivity contribution in [3.8, 4) is 6.07 Å². The SMILES string of the molecule is CCCN(CCC#N)CC1CCCNC1. The van der Waals surface area contributed by atoms with Gasteiger partial charge in [0, 0.05) is 19.5 Å². The van der Waals surface area contributed by atoms with Gasteiger partial charge in [0.05, 0.1) is 6.07 Å². The van der Waals surface area contributed by atoms with E-state index in [0.29, 0.717) is 6.42 Å². The van der Waals surface area contributed by atoms with Crippen LogP contribution >= 0.6 is 0 Å². The fraction of sp³-hybridized carbons (Fsp3) is 0.917. The van der Waals surface area contributed by atoms with E-state index in [2.05, 4.69) is 23.2 Å². The fourth-order valence-corrected chi connectivity index (χ4v) is 2.26. The maximum absolute atomic E-state index is 8.60. The van der Waals surface area contributed by atoms with Crippen molar-refractivity contribution >= 4 is 0 Å². The lowest BCUT2D eigenvalue weighted by atomic mass is 9.99. The molecule has 86 valence electrons. The van der Waals surface area contributed by atoms with Gasteiger partial charge in [-0.05, 0) is 44.8 Å². The molecule has 1 saturated heterocycles. The first kappa shape index (κ1) is 12.5. The molecule has 1 rings (SSSR count). The second kappa shape index (κ2) is 7.67. The minimum absolute atomic E-state index is 0.667. The zero-order chi connectivity index (χ0) is 10.9.